The van der Waals surface area contributed by atoms with Crippen molar-refractivity contribution in [1.29, 1.82) is 0 Å². The first-order valence-corrected chi connectivity index (χ1v) is 11.0. The van der Waals surface area contributed by atoms with Crippen LogP contribution in [0.15, 0.2) is 28.4 Å². The highest BCUT2D eigenvalue weighted by molar-refractivity contribution is 7.10. The summed E-state index contributed by atoms with van der Waals surface area (Å²) in [5.41, 5.74) is 1.46. The molecule has 2 aromatic rings. The first-order chi connectivity index (χ1) is 13.0. The van der Waals surface area contributed by atoms with E-state index in [4.69, 9.17) is 0 Å². The predicted molar refractivity (Wildman–Crippen MR) is 106 cm³/mol. The molecule has 144 valence electrons. The number of rotatable bonds is 5. The highest BCUT2D eigenvalue weighted by atomic mass is 32.1. The Labute approximate surface area is 163 Å². The molecule has 2 aliphatic heterocycles. The van der Waals surface area contributed by atoms with Gasteiger partial charge in [0.05, 0.1) is 17.8 Å². The fourth-order valence-corrected chi connectivity index (χ4v) is 5.75. The van der Waals surface area contributed by atoms with Crippen LogP contribution in [0.3, 0.4) is 0 Å². The van der Waals surface area contributed by atoms with Gasteiger partial charge in [0.15, 0.2) is 0 Å². The van der Waals surface area contributed by atoms with Crippen LogP contribution in [0.25, 0.3) is 0 Å². The molecule has 5 rings (SSSR count). The Morgan fingerprint density at radius 2 is 1.96 bits per heavy atom. The number of aromatic nitrogens is 2. The molecule has 0 amide bonds. The maximum Gasteiger partial charge on any atom is 0.266 e. The van der Waals surface area contributed by atoms with Crippen LogP contribution < -0.4 is 5.56 Å². The van der Waals surface area contributed by atoms with Crippen molar-refractivity contribution in [2.75, 3.05) is 0 Å². The molecule has 2 bridgehead atoms. The Morgan fingerprint density at radius 3 is 2.59 bits per heavy atom. The summed E-state index contributed by atoms with van der Waals surface area (Å²) in [6.45, 7) is 3.45. The summed E-state index contributed by atoms with van der Waals surface area (Å²) in [7, 11) is 0. The van der Waals surface area contributed by atoms with Gasteiger partial charge in [0.2, 0.25) is 0 Å². The van der Waals surface area contributed by atoms with E-state index in [0.29, 0.717) is 24.5 Å². The van der Waals surface area contributed by atoms with Gasteiger partial charge < -0.3 is 5.11 Å². The molecule has 1 aliphatic carbocycles. The Morgan fingerprint density at radius 1 is 1.22 bits per heavy atom. The normalized spacial score (nSPS) is 30.7. The molecule has 5 nitrogen and oxygen atoms in total. The smallest absolute Gasteiger partial charge is 0.266 e. The number of fused-ring (bicyclic) bond motifs is 2. The highest BCUT2D eigenvalue weighted by Crippen LogP contribution is 2.42. The van der Waals surface area contributed by atoms with Gasteiger partial charge in [0, 0.05) is 35.5 Å². The van der Waals surface area contributed by atoms with E-state index in [1.54, 1.807) is 17.4 Å². The van der Waals surface area contributed by atoms with Crippen LogP contribution in [-0.4, -0.2) is 37.5 Å². The van der Waals surface area contributed by atoms with E-state index < -0.39 is 5.60 Å². The van der Waals surface area contributed by atoms with Crippen molar-refractivity contribution in [3.8, 4) is 0 Å². The van der Waals surface area contributed by atoms with E-state index in [1.807, 2.05) is 6.07 Å². The molecular formula is C21H27N3O2S. The summed E-state index contributed by atoms with van der Waals surface area (Å²) < 4.78 is 1.52. The molecule has 0 radical (unpaired) electrons. The molecule has 27 heavy (non-hydrogen) atoms. The van der Waals surface area contributed by atoms with Crippen LogP contribution in [-0.2, 0) is 13.1 Å². The monoisotopic (exact) mass is 385 g/mol. The quantitative estimate of drug-likeness (QED) is 0.859. The SMILES string of the molecule is Cc1cc(CN2[C@@H]3CC[C@@H]2CC(O)(Cn2nc(C4CC4)ccc2=O)C3)cs1. The Kier molecular flexibility index (Phi) is 4.26. The first kappa shape index (κ1) is 17.6. The van der Waals surface area contributed by atoms with E-state index in [2.05, 4.69) is 28.4 Å². The van der Waals surface area contributed by atoms with Gasteiger partial charge in [-0.05, 0) is 68.5 Å². The van der Waals surface area contributed by atoms with Crippen LogP contribution in [0.4, 0.5) is 0 Å². The van der Waals surface area contributed by atoms with Gasteiger partial charge >= 0.3 is 0 Å². The third kappa shape index (κ3) is 3.50. The lowest BCUT2D eigenvalue weighted by Crippen LogP contribution is -2.53. The second-order valence-electron chi connectivity index (χ2n) is 8.78. The standard InChI is InChI=1S/C21H27N3O2S/c1-14-8-15(12-27-14)11-23-17-4-5-18(23)10-21(26,9-17)13-24-20(25)7-6-19(22-24)16-2-3-16/h6-8,12,16-18,26H,2-5,9-11,13H2,1H3/t17-,18-/m1/s1. The van der Waals surface area contributed by atoms with Crippen LogP contribution in [0.2, 0.25) is 0 Å². The Hall–Kier alpha value is -1.50. The summed E-state index contributed by atoms with van der Waals surface area (Å²) >= 11 is 1.81. The molecule has 0 spiro atoms. The molecule has 2 atom stereocenters. The first-order valence-electron chi connectivity index (χ1n) is 10.1. The minimum absolute atomic E-state index is 0.101. The summed E-state index contributed by atoms with van der Waals surface area (Å²) in [4.78, 5) is 16.2. The van der Waals surface area contributed by atoms with Gasteiger partial charge in [0.25, 0.3) is 5.56 Å². The minimum atomic E-state index is -0.827. The highest BCUT2D eigenvalue weighted by Gasteiger charge is 2.47. The molecule has 1 saturated carbocycles. The second kappa shape index (κ2) is 6.54. The van der Waals surface area contributed by atoms with Crippen LogP contribution in [0.1, 0.15) is 60.6 Å². The fraction of sp³-hybridized carbons (Fsp3) is 0.619. The van der Waals surface area contributed by atoms with Crippen molar-refractivity contribution in [3.05, 3.63) is 50.1 Å². The minimum Gasteiger partial charge on any atom is -0.388 e. The largest absolute Gasteiger partial charge is 0.388 e. The van der Waals surface area contributed by atoms with Gasteiger partial charge in [-0.2, -0.15) is 5.10 Å². The third-order valence-electron chi connectivity index (χ3n) is 6.48. The average molecular weight is 386 g/mol. The van der Waals surface area contributed by atoms with Crippen LogP contribution in [0, 0.1) is 6.92 Å². The zero-order valence-corrected chi connectivity index (χ0v) is 16.6. The maximum absolute atomic E-state index is 12.3. The van der Waals surface area contributed by atoms with Crippen molar-refractivity contribution >= 4 is 11.3 Å². The topological polar surface area (TPSA) is 58.4 Å². The van der Waals surface area contributed by atoms with Gasteiger partial charge in [-0.25, -0.2) is 4.68 Å². The van der Waals surface area contributed by atoms with Crippen molar-refractivity contribution in [2.24, 2.45) is 0 Å². The molecule has 3 aliphatic rings. The van der Waals surface area contributed by atoms with Crippen molar-refractivity contribution in [1.82, 2.24) is 14.7 Å². The van der Waals surface area contributed by atoms with E-state index in [-0.39, 0.29) is 5.56 Å². The predicted octanol–water partition coefficient (Wildman–Crippen LogP) is 3.05. The second-order valence-corrected chi connectivity index (χ2v) is 9.90. The molecule has 0 aromatic carbocycles. The Balaban J connectivity index is 1.32. The number of hydrogen-bond donors (Lipinski definition) is 1. The van der Waals surface area contributed by atoms with Gasteiger partial charge in [-0.3, -0.25) is 9.69 Å². The fourth-order valence-electron chi connectivity index (χ4n) is 5.05. The number of hydrogen-bond acceptors (Lipinski definition) is 5. The third-order valence-corrected chi connectivity index (χ3v) is 7.39. The lowest BCUT2D eigenvalue weighted by atomic mass is 9.85. The van der Waals surface area contributed by atoms with Crippen LogP contribution in [0.5, 0.6) is 0 Å². The summed E-state index contributed by atoms with van der Waals surface area (Å²) in [6.07, 6.45) is 6.07. The zero-order chi connectivity index (χ0) is 18.6. The van der Waals surface area contributed by atoms with Crippen LogP contribution >= 0.6 is 11.3 Å². The van der Waals surface area contributed by atoms with Gasteiger partial charge in [-0.15, -0.1) is 11.3 Å². The van der Waals surface area contributed by atoms with E-state index in [9.17, 15) is 9.90 Å². The lowest BCUT2D eigenvalue weighted by molar-refractivity contribution is -0.0677. The average Bonchev–Trinajstić information content (AvgIpc) is 3.34. The number of thiophene rings is 1. The number of aliphatic hydroxyl groups is 1. The zero-order valence-electron chi connectivity index (χ0n) is 15.8. The molecule has 0 unspecified atom stereocenters. The van der Waals surface area contributed by atoms with Gasteiger partial charge in [0.1, 0.15) is 0 Å². The molecular weight excluding hydrogens is 358 g/mol. The van der Waals surface area contributed by atoms with Gasteiger partial charge in [-0.1, -0.05) is 0 Å². The molecule has 1 N–H and O–H groups in total. The summed E-state index contributed by atoms with van der Waals surface area (Å²) in [5.74, 6) is 0.513. The molecule has 4 heterocycles. The van der Waals surface area contributed by atoms with Crippen molar-refractivity contribution in [3.63, 3.8) is 0 Å². The maximum atomic E-state index is 12.3. The Bertz CT molecular complexity index is 887. The molecule has 2 aromatic heterocycles. The van der Waals surface area contributed by atoms with E-state index in [0.717, 1.165) is 50.8 Å². The molecule has 2 saturated heterocycles. The van der Waals surface area contributed by atoms with E-state index in [1.165, 1.54) is 15.1 Å². The lowest BCUT2D eigenvalue weighted by Gasteiger charge is -2.43. The summed E-state index contributed by atoms with van der Waals surface area (Å²) in [6, 6.07) is 6.55. The molecule has 6 heteroatoms. The van der Waals surface area contributed by atoms with Crippen molar-refractivity contribution < 1.29 is 5.11 Å². The molecule has 3 fully saturated rings. The number of aryl methyl sites for hydroxylation is 1. The van der Waals surface area contributed by atoms with E-state index >= 15 is 0 Å². The van der Waals surface area contributed by atoms with Crippen molar-refractivity contribution in [2.45, 2.75) is 82.1 Å². The number of nitrogens with zero attached hydrogens (tertiary/aromatic N) is 3. The summed E-state index contributed by atoms with van der Waals surface area (Å²) in [5, 5.41) is 18.2. The number of piperidine rings is 1.